The third-order valence-corrected chi connectivity index (χ3v) is 4.04. The fraction of sp³-hybridized carbons (Fsp3) is 0.316. The summed E-state index contributed by atoms with van der Waals surface area (Å²) in [6, 6.07) is 13.2. The van der Waals surface area contributed by atoms with Crippen LogP contribution < -0.4 is 19.7 Å². The van der Waals surface area contributed by atoms with Crippen LogP contribution in [0.2, 0.25) is 0 Å². The third kappa shape index (κ3) is 3.45. The average molecular weight is 326 g/mol. The summed E-state index contributed by atoms with van der Waals surface area (Å²) in [4.78, 5) is 14.5. The molecule has 24 heavy (non-hydrogen) atoms. The number of ether oxygens (including phenoxy) is 2. The summed E-state index contributed by atoms with van der Waals surface area (Å²) in [5.41, 5.74) is 2.62. The quantitative estimate of drug-likeness (QED) is 0.938. The topological polar surface area (TPSA) is 50.8 Å². The van der Waals surface area contributed by atoms with Gasteiger partial charge < -0.3 is 19.7 Å². The van der Waals surface area contributed by atoms with Crippen molar-refractivity contribution in [2.75, 3.05) is 32.2 Å². The first-order valence-electron chi connectivity index (χ1n) is 8.02. The van der Waals surface area contributed by atoms with E-state index in [4.69, 9.17) is 9.47 Å². The van der Waals surface area contributed by atoms with Crippen LogP contribution in [0.4, 0.5) is 5.69 Å². The maximum atomic E-state index is 12.5. The number of anilines is 1. The van der Waals surface area contributed by atoms with E-state index in [0.717, 1.165) is 22.7 Å². The molecular weight excluding hydrogens is 304 g/mol. The standard InChI is InChI=1S/C19H22N2O3/c1-13(14-7-8-17-18(12-14)24-10-9-23-17)20-19(22)15-5-4-6-16(11-15)21(2)3/h4-8,11-13H,9-10H2,1-3H3,(H,20,22). The number of benzene rings is 2. The number of carbonyl (C=O) groups excluding carboxylic acids is 1. The van der Waals surface area contributed by atoms with E-state index in [0.29, 0.717) is 18.8 Å². The zero-order chi connectivity index (χ0) is 17.1. The van der Waals surface area contributed by atoms with E-state index in [1.54, 1.807) is 0 Å². The normalized spacial score (nSPS) is 14.0. The largest absolute Gasteiger partial charge is 0.486 e. The lowest BCUT2D eigenvalue weighted by atomic mass is 10.1. The molecule has 1 atom stereocenters. The van der Waals surface area contributed by atoms with Gasteiger partial charge in [0.1, 0.15) is 13.2 Å². The molecule has 0 radical (unpaired) electrons. The predicted molar refractivity (Wildman–Crippen MR) is 94.1 cm³/mol. The van der Waals surface area contributed by atoms with Gasteiger partial charge in [0.25, 0.3) is 5.91 Å². The highest BCUT2D eigenvalue weighted by Crippen LogP contribution is 2.32. The lowest BCUT2D eigenvalue weighted by Crippen LogP contribution is -2.27. The van der Waals surface area contributed by atoms with E-state index < -0.39 is 0 Å². The van der Waals surface area contributed by atoms with E-state index in [9.17, 15) is 4.79 Å². The molecule has 1 amide bonds. The summed E-state index contributed by atoms with van der Waals surface area (Å²) < 4.78 is 11.1. The monoisotopic (exact) mass is 326 g/mol. The van der Waals surface area contributed by atoms with Crippen LogP contribution >= 0.6 is 0 Å². The molecule has 0 aromatic heterocycles. The van der Waals surface area contributed by atoms with Crippen LogP contribution in [-0.4, -0.2) is 33.2 Å². The molecule has 1 unspecified atom stereocenters. The van der Waals surface area contributed by atoms with E-state index >= 15 is 0 Å². The molecule has 5 heteroatoms. The maximum absolute atomic E-state index is 12.5. The molecule has 2 aromatic carbocycles. The second-order valence-corrected chi connectivity index (χ2v) is 6.04. The molecule has 0 fully saturated rings. The number of hydrogen-bond acceptors (Lipinski definition) is 4. The van der Waals surface area contributed by atoms with Crippen LogP contribution in [0.15, 0.2) is 42.5 Å². The van der Waals surface area contributed by atoms with Gasteiger partial charge >= 0.3 is 0 Å². The Bertz CT molecular complexity index is 743. The number of carbonyl (C=O) groups is 1. The molecule has 5 nitrogen and oxygen atoms in total. The minimum Gasteiger partial charge on any atom is -0.486 e. The zero-order valence-electron chi connectivity index (χ0n) is 14.2. The number of nitrogens with zero attached hydrogens (tertiary/aromatic N) is 1. The van der Waals surface area contributed by atoms with Crippen LogP contribution in [0.1, 0.15) is 28.9 Å². The second kappa shape index (κ2) is 6.83. The summed E-state index contributed by atoms with van der Waals surface area (Å²) in [6.07, 6.45) is 0. The molecule has 3 rings (SSSR count). The lowest BCUT2D eigenvalue weighted by molar-refractivity contribution is 0.0939. The maximum Gasteiger partial charge on any atom is 0.251 e. The van der Waals surface area contributed by atoms with Crippen molar-refractivity contribution >= 4 is 11.6 Å². The van der Waals surface area contributed by atoms with Crippen LogP contribution in [-0.2, 0) is 0 Å². The van der Waals surface area contributed by atoms with Crippen LogP contribution in [0, 0.1) is 0 Å². The average Bonchev–Trinajstić information content (AvgIpc) is 2.61. The Balaban J connectivity index is 1.73. The van der Waals surface area contributed by atoms with Crippen molar-refractivity contribution in [1.82, 2.24) is 5.32 Å². The summed E-state index contributed by atoms with van der Waals surface area (Å²) in [5, 5.41) is 3.03. The number of nitrogens with one attached hydrogen (secondary N) is 1. The number of hydrogen-bond donors (Lipinski definition) is 1. The summed E-state index contributed by atoms with van der Waals surface area (Å²) in [7, 11) is 3.91. The van der Waals surface area contributed by atoms with Gasteiger partial charge in [-0.1, -0.05) is 12.1 Å². The Hall–Kier alpha value is -2.69. The molecule has 126 valence electrons. The van der Waals surface area contributed by atoms with Crippen molar-refractivity contribution in [3.63, 3.8) is 0 Å². The molecule has 1 N–H and O–H groups in total. The highest BCUT2D eigenvalue weighted by molar-refractivity contribution is 5.95. The van der Waals surface area contributed by atoms with E-state index in [1.807, 2.05) is 68.4 Å². The second-order valence-electron chi connectivity index (χ2n) is 6.04. The lowest BCUT2D eigenvalue weighted by Gasteiger charge is -2.21. The van der Waals surface area contributed by atoms with Crippen LogP contribution in [0.5, 0.6) is 11.5 Å². The van der Waals surface area contributed by atoms with Crippen molar-refractivity contribution in [1.29, 1.82) is 0 Å². The molecule has 1 heterocycles. The van der Waals surface area contributed by atoms with Crippen molar-refractivity contribution in [3.8, 4) is 11.5 Å². The van der Waals surface area contributed by atoms with Gasteiger partial charge in [0.2, 0.25) is 0 Å². The Morgan fingerprint density at radius 3 is 2.58 bits per heavy atom. The Morgan fingerprint density at radius 2 is 1.83 bits per heavy atom. The fourth-order valence-electron chi connectivity index (χ4n) is 2.62. The van der Waals surface area contributed by atoms with Crippen molar-refractivity contribution < 1.29 is 14.3 Å². The summed E-state index contributed by atoms with van der Waals surface area (Å²) in [6.45, 7) is 3.08. The summed E-state index contributed by atoms with van der Waals surface area (Å²) >= 11 is 0. The van der Waals surface area contributed by atoms with Gasteiger partial charge in [-0.15, -0.1) is 0 Å². The smallest absolute Gasteiger partial charge is 0.251 e. The molecular formula is C19H22N2O3. The number of fused-ring (bicyclic) bond motifs is 1. The van der Waals surface area contributed by atoms with Crippen LogP contribution in [0.25, 0.3) is 0 Å². The minimum absolute atomic E-state index is 0.0962. The van der Waals surface area contributed by atoms with Crippen LogP contribution in [0.3, 0.4) is 0 Å². The van der Waals surface area contributed by atoms with Gasteiger partial charge in [0, 0.05) is 25.3 Å². The van der Waals surface area contributed by atoms with Gasteiger partial charge in [0.15, 0.2) is 11.5 Å². The van der Waals surface area contributed by atoms with Gasteiger partial charge in [-0.05, 0) is 42.8 Å². The fourth-order valence-corrected chi connectivity index (χ4v) is 2.62. The van der Waals surface area contributed by atoms with Gasteiger partial charge in [0.05, 0.1) is 6.04 Å². The molecule has 0 saturated heterocycles. The van der Waals surface area contributed by atoms with E-state index in [2.05, 4.69) is 5.32 Å². The van der Waals surface area contributed by atoms with Crippen molar-refractivity contribution in [3.05, 3.63) is 53.6 Å². The molecule has 2 aromatic rings. The molecule has 0 saturated carbocycles. The third-order valence-electron chi connectivity index (χ3n) is 4.04. The molecule has 1 aliphatic heterocycles. The number of amides is 1. The Kier molecular flexibility index (Phi) is 4.60. The highest BCUT2D eigenvalue weighted by atomic mass is 16.6. The molecule has 1 aliphatic rings. The van der Waals surface area contributed by atoms with Crippen molar-refractivity contribution in [2.45, 2.75) is 13.0 Å². The molecule has 0 bridgehead atoms. The van der Waals surface area contributed by atoms with E-state index in [1.165, 1.54) is 0 Å². The van der Waals surface area contributed by atoms with Crippen molar-refractivity contribution in [2.24, 2.45) is 0 Å². The van der Waals surface area contributed by atoms with Gasteiger partial charge in [-0.3, -0.25) is 4.79 Å². The first kappa shape index (κ1) is 16.2. The SMILES string of the molecule is CC(NC(=O)c1cccc(N(C)C)c1)c1ccc2c(c1)OCCO2. The van der Waals surface area contributed by atoms with E-state index in [-0.39, 0.29) is 11.9 Å². The Morgan fingerprint density at radius 1 is 1.08 bits per heavy atom. The molecule has 0 aliphatic carbocycles. The first-order chi connectivity index (χ1) is 11.5. The van der Waals surface area contributed by atoms with Gasteiger partial charge in [-0.25, -0.2) is 0 Å². The predicted octanol–water partition coefficient (Wildman–Crippen LogP) is 3.01. The molecule has 0 spiro atoms. The number of rotatable bonds is 4. The highest BCUT2D eigenvalue weighted by Gasteiger charge is 2.16. The summed E-state index contributed by atoms with van der Waals surface area (Å²) in [5.74, 6) is 1.39. The minimum atomic E-state index is -0.128. The van der Waals surface area contributed by atoms with Gasteiger partial charge in [-0.2, -0.15) is 0 Å². The first-order valence-corrected chi connectivity index (χ1v) is 8.02. The Labute approximate surface area is 142 Å². The zero-order valence-corrected chi connectivity index (χ0v) is 14.2.